The van der Waals surface area contributed by atoms with Crippen molar-refractivity contribution in [3.05, 3.63) is 0 Å². The van der Waals surface area contributed by atoms with E-state index in [1.54, 1.807) is 0 Å². The Balaban J connectivity index is 3.73. The molecule has 0 spiro atoms. The predicted molar refractivity (Wildman–Crippen MR) is 38.2 cm³/mol. The Morgan fingerprint density at radius 3 is 1.75 bits per heavy atom. The van der Waals surface area contributed by atoms with Gasteiger partial charge < -0.3 is 0 Å². The molecule has 0 radical (unpaired) electrons. The summed E-state index contributed by atoms with van der Waals surface area (Å²) in [5.74, 6) is 0. The van der Waals surface area contributed by atoms with Crippen molar-refractivity contribution in [2.24, 2.45) is 0 Å². The SMILES string of the molecule is CP(O)(O)(O)CCBr. The number of rotatable bonds is 2. The summed E-state index contributed by atoms with van der Waals surface area (Å²) >= 11 is 2.97. The molecule has 0 fully saturated rings. The molecule has 8 heavy (non-hydrogen) atoms. The zero-order chi connectivity index (χ0) is 6.86. The second-order valence-corrected chi connectivity index (χ2v) is 6.48. The minimum absolute atomic E-state index is 0.0194. The Bertz CT molecular complexity index is 77.0. The van der Waals surface area contributed by atoms with Gasteiger partial charge in [-0.25, -0.2) is 0 Å². The van der Waals surface area contributed by atoms with E-state index in [2.05, 4.69) is 15.9 Å². The van der Waals surface area contributed by atoms with E-state index in [4.69, 9.17) is 14.7 Å². The fraction of sp³-hybridized carbons (Fsp3) is 1.00. The summed E-state index contributed by atoms with van der Waals surface area (Å²) in [6.45, 7) is 1.06. The zero-order valence-corrected chi connectivity index (χ0v) is 7.06. The molecule has 0 aromatic carbocycles. The van der Waals surface area contributed by atoms with Crippen LogP contribution in [0.2, 0.25) is 0 Å². The molecular formula is C3H10BrO3P. The number of hydrogen-bond acceptors (Lipinski definition) is 3. The molecule has 0 heterocycles. The van der Waals surface area contributed by atoms with Gasteiger partial charge in [-0.05, 0) is 0 Å². The Kier molecular flexibility index (Phi) is 2.41. The van der Waals surface area contributed by atoms with Crippen LogP contribution in [-0.2, 0) is 0 Å². The molecule has 0 bridgehead atoms. The first-order chi connectivity index (χ1) is 3.31. The third kappa shape index (κ3) is 6.79. The molecular weight excluding hydrogens is 195 g/mol. The van der Waals surface area contributed by atoms with Crippen molar-refractivity contribution in [1.82, 2.24) is 0 Å². The van der Waals surface area contributed by atoms with Gasteiger partial charge in [0.25, 0.3) is 0 Å². The first-order valence-corrected chi connectivity index (χ1v) is 5.98. The molecule has 0 rings (SSSR count). The van der Waals surface area contributed by atoms with Crippen LogP contribution >= 0.6 is 23.2 Å². The summed E-state index contributed by atoms with van der Waals surface area (Å²) in [5.41, 5.74) is 0. The van der Waals surface area contributed by atoms with Crippen LogP contribution in [0.25, 0.3) is 0 Å². The molecule has 3 nitrogen and oxygen atoms in total. The Labute approximate surface area is 56.6 Å². The van der Waals surface area contributed by atoms with E-state index in [1.807, 2.05) is 0 Å². The van der Waals surface area contributed by atoms with Crippen LogP contribution in [0.3, 0.4) is 0 Å². The molecule has 0 aromatic heterocycles. The zero-order valence-electron chi connectivity index (χ0n) is 4.58. The van der Waals surface area contributed by atoms with E-state index in [0.717, 1.165) is 6.66 Å². The number of halogens is 1. The van der Waals surface area contributed by atoms with Crippen molar-refractivity contribution in [2.45, 2.75) is 0 Å². The molecule has 52 valence electrons. The molecule has 0 amide bonds. The summed E-state index contributed by atoms with van der Waals surface area (Å²) in [6.07, 6.45) is 0.0194. The molecule has 0 unspecified atom stereocenters. The van der Waals surface area contributed by atoms with Crippen LogP contribution in [0.15, 0.2) is 0 Å². The molecule has 5 heteroatoms. The second-order valence-electron chi connectivity index (χ2n) is 2.02. The molecule has 0 aliphatic carbocycles. The first-order valence-electron chi connectivity index (χ1n) is 2.13. The van der Waals surface area contributed by atoms with Gasteiger partial charge in [-0.1, -0.05) is 0 Å². The monoisotopic (exact) mass is 204 g/mol. The Morgan fingerprint density at radius 2 is 1.75 bits per heavy atom. The van der Waals surface area contributed by atoms with Gasteiger partial charge in [0, 0.05) is 0 Å². The Hall–Kier alpha value is 0.790. The van der Waals surface area contributed by atoms with Crippen molar-refractivity contribution in [1.29, 1.82) is 0 Å². The van der Waals surface area contributed by atoms with Gasteiger partial charge in [-0.2, -0.15) is 0 Å². The van der Waals surface area contributed by atoms with Gasteiger partial charge in [-0.15, -0.1) is 0 Å². The van der Waals surface area contributed by atoms with Crippen molar-refractivity contribution in [2.75, 3.05) is 18.2 Å². The maximum atomic E-state index is 8.69. The molecule has 0 atom stereocenters. The summed E-state index contributed by atoms with van der Waals surface area (Å²) in [6, 6.07) is 0. The van der Waals surface area contributed by atoms with Crippen LogP contribution in [0.5, 0.6) is 0 Å². The van der Waals surface area contributed by atoms with Crippen LogP contribution in [0.1, 0.15) is 0 Å². The van der Waals surface area contributed by atoms with Gasteiger partial charge in [0.1, 0.15) is 0 Å². The third-order valence-electron chi connectivity index (χ3n) is 0.608. The summed E-state index contributed by atoms with van der Waals surface area (Å²) in [4.78, 5) is 26.1. The van der Waals surface area contributed by atoms with Crippen LogP contribution in [0, 0.1) is 0 Å². The molecule has 0 saturated heterocycles. The number of hydrogen-bond donors (Lipinski definition) is 3. The fourth-order valence-corrected chi connectivity index (χ4v) is 3.09. The Morgan fingerprint density at radius 1 is 1.38 bits per heavy atom. The molecule has 0 saturated carbocycles. The van der Waals surface area contributed by atoms with Crippen LogP contribution in [0.4, 0.5) is 0 Å². The second kappa shape index (κ2) is 2.20. The minimum atomic E-state index is -4.15. The van der Waals surface area contributed by atoms with E-state index in [1.165, 1.54) is 0 Å². The topological polar surface area (TPSA) is 60.7 Å². The van der Waals surface area contributed by atoms with Gasteiger partial charge in [0.05, 0.1) is 0 Å². The molecule has 0 aliphatic heterocycles. The van der Waals surface area contributed by atoms with Gasteiger partial charge in [0.2, 0.25) is 0 Å². The van der Waals surface area contributed by atoms with Crippen molar-refractivity contribution >= 4 is 23.2 Å². The van der Waals surface area contributed by atoms with Crippen molar-refractivity contribution in [3.8, 4) is 0 Å². The maximum absolute atomic E-state index is 8.69. The molecule has 0 aliphatic rings. The van der Waals surface area contributed by atoms with Crippen LogP contribution in [-0.4, -0.2) is 32.8 Å². The predicted octanol–water partition coefficient (Wildman–Crippen LogP) is 0.286. The van der Waals surface area contributed by atoms with E-state index in [0.29, 0.717) is 5.33 Å². The van der Waals surface area contributed by atoms with E-state index >= 15 is 0 Å². The molecule has 0 aromatic rings. The van der Waals surface area contributed by atoms with Gasteiger partial charge >= 0.3 is 56.1 Å². The van der Waals surface area contributed by atoms with E-state index in [-0.39, 0.29) is 6.16 Å². The quantitative estimate of drug-likeness (QED) is 0.448. The van der Waals surface area contributed by atoms with E-state index in [9.17, 15) is 0 Å². The summed E-state index contributed by atoms with van der Waals surface area (Å²) in [5, 5.41) is 0.408. The van der Waals surface area contributed by atoms with E-state index < -0.39 is 7.28 Å². The van der Waals surface area contributed by atoms with Crippen molar-refractivity contribution < 1.29 is 14.7 Å². The third-order valence-corrected chi connectivity index (χ3v) is 2.89. The summed E-state index contributed by atoms with van der Waals surface area (Å²) in [7, 11) is -4.15. The van der Waals surface area contributed by atoms with Crippen molar-refractivity contribution in [3.63, 3.8) is 0 Å². The fourth-order valence-electron chi connectivity index (χ4n) is 0.198. The van der Waals surface area contributed by atoms with Gasteiger partial charge in [0.15, 0.2) is 0 Å². The average Bonchev–Trinajstić information content (AvgIpc) is 1.25. The number of alkyl halides is 1. The van der Waals surface area contributed by atoms with Gasteiger partial charge in [-0.3, -0.25) is 0 Å². The van der Waals surface area contributed by atoms with Crippen LogP contribution < -0.4 is 0 Å². The molecule has 3 N–H and O–H groups in total. The average molecular weight is 205 g/mol. The summed E-state index contributed by atoms with van der Waals surface area (Å²) < 4.78 is 0. The standard InChI is InChI=1S/C3H10BrO3P/c1-8(5,6,7)3-2-4/h5-7H,2-3H2,1H3. The normalized spacial score (nSPS) is 17.4. The first kappa shape index (κ1) is 8.79.